The number of hydrogen-bond donors (Lipinski definition) is 3. The van der Waals surface area contributed by atoms with Gasteiger partial charge in [0.05, 0.1) is 17.8 Å². The van der Waals surface area contributed by atoms with Crippen LogP contribution < -0.4 is 10.2 Å². The van der Waals surface area contributed by atoms with Crippen LogP contribution in [0.4, 0.5) is 10.5 Å². The van der Waals surface area contributed by atoms with Crippen LogP contribution in [0.25, 0.3) is 0 Å². The van der Waals surface area contributed by atoms with Crippen LogP contribution in [0.5, 0.6) is 0 Å². The molecule has 0 saturated carbocycles. The third kappa shape index (κ3) is 3.69. The number of carboxylic acids is 1. The molecule has 0 aliphatic carbocycles. The molecule has 3 N–H and O–H groups in total. The predicted octanol–water partition coefficient (Wildman–Crippen LogP) is 0.150. The maximum atomic E-state index is 11.7. The number of nitrogens with one attached hydrogen (secondary N) is 1. The summed E-state index contributed by atoms with van der Waals surface area (Å²) in [7, 11) is 1.44. The van der Waals surface area contributed by atoms with Gasteiger partial charge in [0.2, 0.25) is 0 Å². The maximum Gasteiger partial charge on any atom is 0.334 e. The van der Waals surface area contributed by atoms with Crippen LogP contribution in [-0.2, 0) is 4.79 Å². The van der Waals surface area contributed by atoms with Gasteiger partial charge in [-0.3, -0.25) is 4.90 Å². The van der Waals surface area contributed by atoms with E-state index in [2.05, 4.69) is 5.32 Å². The minimum Gasteiger partial charge on any atom is -0.479 e. The largest absolute Gasteiger partial charge is 0.479 e. The normalized spacial score (nSPS) is 11.2. The number of urea groups is 1. The molecule has 1 atom stereocenters. The van der Waals surface area contributed by atoms with Crippen LogP contribution in [0, 0.1) is 11.3 Å². The second-order valence-corrected chi connectivity index (χ2v) is 3.73. The Morgan fingerprint density at radius 2 is 2.11 bits per heavy atom. The first-order valence-corrected chi connectivity index (χ1v) is 5.39. The van der Waals surface area contributed by atoms with Crippen molar-refractivity contribution in [3.05, 3.63) is 29.8 Å². The van der Waals surface area contributed by atoms with E-state index in [0.717, 1.165) is 0 Å². The van der Waals surface area contributed by atoms with Gasteiger partial charge in [0, 0.05) is 7.05 Å². The van der Waals surface area contributed by atoms with Crippen molar-refractivity contribution in [2.45, 2.75) is 6.10 Å². The van der Waals surface area contributed by atoms with Crippen LogP contribution in [-0.4, -0.2) is 41.9 Å². The number of nitrogens with zero attached hydrogens (tertiary/aromatic N) is 2. The first-order chi connectivity index (χ1) is 8.97. The Balaban J connectivity index is 2.72. The van der Waals surface area contributed by atoms with Gasteiger partial charge in [-0.1, -0.05) is 12.1 Å². The molecule has 2 amide bonds. The molecule has 0 fully saturated rings. The predicted molar refractivity (Wildman–Crippen MR) is 66.6 cm³/mol. The fraction of sp³-hybridized carbons (Fsp3) is 0.250. The molecule has 1 unspecified atom stereocenters. The lowest BCUT2D eigenvalue weighted by molar-refractivity contribution is -0.146. The summed E-state index contributed by atoms with van der Waals surface area (Å²) < 4.78 is 0. The third-order valence-electron chi connectivity index (χ3n) is 2.42. The number of amides is 2. The van der Waals surface area contributed by atoms with Gasteiger partial charge in [-0.15, -0.1) is 0 Å². The number of aliphatic carboxylic acids is 1. The summed E-state index contributed by atoms with van der Waals surface area (Å²) in [4.78, 5) is 23.3. The number of carbonyl (C=O) groups is 2. The lowest BCUT2D eigenvalue weighted by atomic mass is 10.2. The van der Waals surface area contributed by atoms with Crippen molar-refractivity contribution in [2.24, 2.45) is 0 Å². The Morgan fingerprint density at radius 3 is 2.68 bits per heavy atom. The van der Waals surface area contributed by atoms with Gasteiger partial charge in [0.25, 0.3) is 0 Å². The number of hydrogen-bond acceptors (Lipinski definition) is 4. The zero-order chi connectivity index (χ0) is 14.4. The van der Waals surface area contributed by atoms with Crippen molar-refractivity contribution in [3.63, 3.8) is 0 Å². The van der Waals surface area contributed by atoms with Crippen LogP contribution in [0.1, 0.15) is 5.56 Å². The minimum absolute atomic E-state index is 0.318. The van der Waals surface area contributed by atoms with Crippen molar-refractivity contribution in [3.8, 4) is 6.07 Å². The van der Waals surface area contributed by atoms with E-state index in [1.807, 2.05) is 6.07 Å². The van der Waals surface area contributed by atoms with E-state index < -0.39 is 24.6 Å². The number of para-hydroxylation sites is 1. The number of nitriles is 1. The number of aliphatic hydroxyl groups is 1. The summed E-state index contributed by atoms with van der Waals surface area (Å²) in [5.41, 5.74) is 0.714. The first-order valence-electron chi connectivity index (χ1n) is 5.39. The maximum absolute atomic E-state index is 11.7. The van der Waals surface area contributed by atoms with Crippen LogP contribution in [0.15, 0.2) is 24.3 Å². The average Bonchev–Trinajstić information content (AvgIpc) is 2.43. The molecule has 0 aromatic heterocycles. The molecule has 0 radical (unpaired) electrons. The van der Waals surface area contributed by atoms with Crippen LogP contribution in [0.3, 0.4) is 0 Å². The van der Waals surface area contributed by atoms with Gasteiger partial charge in [-0.2, -0.15) is 5.26 Å². The molecule has 0 spiro atoms. The smallest absolute Gasteiger partial charge is 0.334 e. The number of anilines is 1. The van der Waals surface area contributed by atoms with Gasteiger partial charge >= 0.3 is 12.0 Å². The highest BCUT2D eigenvalue weighted by Crippen LogP contribution is 2.17. The van der Waals surface area contributed by atoms with E-state index in [9.17, 15) is 9.59 Å². The molecular weight excluding hydrogens is 250 g/mol. The van der Waals surface area contributed by atoms with Gasteiger partial charge in [-0.05, 0) is 12.1 Å². The van der Waals surface area contributed by atoms with Crippen LogP contribution in [0.2, 0.25) is 0 Å². The Labute approximate surface area is 109 Å². The highest BCUT2D eigenvalue weighted by atomic mass is 16.4. The topological polar surface area (TPSA) is 114 Å². The van der Waals surface area contributed by atoms with E-state index in [1.54, 1.807) is 24.3 Å². The fourth-order valence-electron chi connectivity index (χ4n) is 1.36. The van der Waals surface area contributed by atoms with Crippen molar-refractivity contribution < 1.29 is 19.8 Å². The molecule has 7 heteroatoms. The second kappa shape index (κ2) is 6.37. The van der Waals surface area contributed by atoms with E-state index in [1.165, 1.54) is 11.9 Å². The van der Waals surface area contributed by atoms with Gasteiger partial charge in [-0.25, -0.2) is 9.59 Å². The minimum atomic E-state index is -1.66. The summed E-state index contributed by atoms with van der Waals surface area (Å²) in [5, 5.41) is 28.7. The lowest BCUT2D eigenvalue weighted by Gasteiger charge is -2.19. The van der Waals surface area contributed by atoms with Gasteiger partial charge in [0.15, 0.2) is 6.10 Å². The lowest BCUT2D eigenvalue weighted by Crippen LogP contribution is -2.43. The number of benzene rings is 1. The van der Waals surface area contributed by atoms with E-state index in [0.29, 0.717) is 11.3 Å². The Morgan fingerprint density at radius 1 is 1.47 bits per heavy atom. The fourth-order valence-corrected chi connectivity index (χ4v) is 1.36. The standard InChI is InChI=1S/C12H13N3O4/c1-15(9-5-3-2-4-8(9)6-13)12(19)14-7-10(16)11(17)18/h2-5,10,16H,7H2,1H3,(H,14,19)(H,17,18). The van der Waals surface area contributed by atoms with Crippen molar-refractivity contribution in [1.82, 2.24) is 5.32 Å². The monoisotopic (exact) mass is 263 g/mol. The Hall–Kier alpha value is -2.59. The van der Waals surface area contributed by atoms with E-state index in [4.69, 9.17) is 15.5 Å². The molecular formula is C12H13N3O4. The molecule has 1 rings (SSSR count). The summed E-state index contributed by atoms with van der Waals surface area (Å²) in [6.07, 6.45) is -1.66. The molecule has 100 valence electrons. The van der Waals surface area contributed by atoms with Crippen LogP contribution >= 0.6 is 0 Å². The van der Waals surface area contributed by atoms with Crippen molar-refractivity contribution in [1.29, 1.82) is 5.26 Å². The first kappa shape index (κ1) is 14.5. The third-order valence-corrected chi connectivity index (χ3v) is 2.42. The number of carbonyl (C=O) groups excluding carboxylic acids is 1. The molecule has 0 heterocycles. The zero-order valence-corrected chi connectivity index (χ0v) is 10.2. The Kier molecular flexibility index (Phi) is 4.85. The van der Waals surface area contributed by atoms with Gasteiger partial charge < -0.3 is 15.5 Å². The van der Waals surface area contributed by atoms with Gasteiger partial charge in [0.1, 0.15) is 6.07 Å². The number of rotatable bonds is 4. The second-order valence-electron chi connectivity index (χ2n) is 3.73. The highest BCUT2D eigenvalue weighted by Gasteiger charge is 2.18. The quantitative estimate of drug-likeness (QED) is 0.715. The molecule has 0 aliphatic heterocycles. The molecule has 1 aromatic rings. The molecule has 0 saturated heterocycles. The average molecular weight is 263 g/mol. The van der Waals surface area contributed by atoms with Crippen molar-refractivity contribution in [2.75, 3.05) is 18.5 Å². The molecule has 7 nitrogen and oxygen atoms in total. The molecule has 0 aliphatic rings. The number of aliphatic hydroxyl groups excluding tert-OH is 1. The molecule has 1 aromatic carbocycles. The molecule has 0 bridgehead atoms. The SMILES string of the molecule is CN(C(=O)NCC(O)C(=O)O)c1ccccc1C#N. The Bertz CT molecular complexity index is 524. The summed E-state index contributed by atoms with van der Waals surface area (Å²) in [6, 6.07) is 7.83. The zero-order valence-electron chi connectivity index (χ0n) is 10.2. The number of carboxylic acid groups (broad SMARTS) is 1. The highest BCUT2D eigenvalue weighted by molar-refractivity contribution is 5.93. The summed E-state index contributed by atoms with van der Waals surface area (Å²) in [6.45, 7) is -0.409. The summed E-state index contributed by atoms with van der Waals surface area (Å²) >= 11 is 0. The van der Waals surface area contributed by atoms with Crippen molar-refractivity contribution >= 4 is 17.7 Å². The van der Waals surface area contributed by atoms with E-state index in [-0.39, 0.29) is 0 Å². The summed E-state index contributed by atoms with van der Waals surface area (Å²) in [5.74, 6) is -1.42. The van der Waals surface area contributed by atoms with E-state index >= 15 is 0 Å². The molecule has 19 heavy (non-hydrogen) atoms.